The summed E-state index contributed by atoms with van der Waals surface area (Å²) in [5.41, 5.74) is 2.44. The van der Waals surface area contributed by atoms with Crippen molar-refractivity contribution < 1.29 is 0 Å². The van der Waals surface area contributed by atoms with E-state index in [0.717, 1.165) is 35.5 Å². The Labute approximate surface area is 106 Å². The van der Waals surface area contributed by atoms with E-state index in [2.05, 4.69) is 29.5 Å². The summed E-state index contributed by atoms with van der Waals surface area (Å²) in [6.07, 6.45) is 3.46. The summed E-state index contributed by atoms with van der Waals surface area (Å²) in [5, 5.41) is 5.59. The summed E-state index contributed by atoms with van der Waals surface area (Å²) in [5.74, 6) is 1.82. The maximum Gasteiger partial charge on any atom is 0.0472 e. The number of halogens is 1. The zero-order chi connectivity index (χ0) is 11.8. The average molecular weight is 249 g/mol. The van der Waals surface area contributed by atoms with Crippen LogP contribution >= 0.6 is 11.6 Å². The van der Waals surface area contributed by atoms with Crippen LogP contribution in [-0.2, 0) is 6.54 Å². The Morgan fingerprint density at radius 1 is 1.47 bits per heavy atom. The van der Waals surface area contributed by atoms with Gasteiger partial charge in [-0.1, -0.05) is 24.6 Å². The number of aromatic nitrogens is 1. The van der Waals surface area contributed by atoms with Crippen molar-refractivity contribution in [3.63, 3.8) is 0 Å². The molecule has 1 saturated carbocycles. The van der Waals surface area contributed by atoms with Crippen LogP contribution in [0.25, 0.3) is 10.9 Å². The summed E-state index contributed by atoms with van der Waals surface area (Å²) in [4.78, 5) is 3.27. The maximum atomic E-state index is 5.96. The Morgan fingerprint density at radius 2 is 2.29 bits per heavy atom. The minimum absolute atomic E-state index is 0.783. The summed E-state index contributed by atoms with van der Waals surface area (Å²) < 4.78 is 0. The van der Waals surface area contributed by atoms with E-state index in [4.69, 9.17) is 11.6 Å². The van der Waals surface area contributed by atoms with Gasteiger partial charge in [-0.3, -0.25) is 0 Å². The van der Waals surface area contributed by atoms with Crippen molar-refractivity contribution in [3.05, 3.63) is 35.0 Å². The monoisotopic (exact) mass is 248 g/mol. The molecular formula is C14H17ClN2. The van der Waals surface area contributed by atoms with Crippen LogP contribution in [0, 0.1) is 11.8 Å². The van der Waals surface area contributed by atoms with Crippen LogP contribution in [-0.4, -0.2) is 11.5 Å². The highest BCUT2D eigenvalue weighted by molar-refractivity contribution is 6.31. The third kappa shape index (κ3) is 2.33. The van der Waals surface area contributed by atoms with Gasteiger partial charge >= 0.3 is 0 Å². The number of benzene rings is 1. The van der Waals surface area contributed by atoms with Gasteiger partial charge in [0.15, 0.2) is 0 Å². The molecule has 3 rings (SSSR count). The highest BCUT2D eigenvalue weighted by Crippen LogP contribution is 2.36. The molecule has 1 aliphatic rings. The normalized spacial score (nSPS) is 23.2. The molecule has 2 nitrogen and oxygen atoms in total. The molecule has 1 fully saturated rings. The van der Waals surface area contributed by atoms with Crippen molar-refractivity contribution in [2.24, 2.45) is 11.8 Å². The number of hydrogen-bond acceptors (Lipinski definition) is 1. The Balaban J connectivity index is 1.68. The van der Waals surface area contributed by atoms with E-state index in [1.807, 2.05) is 12.1 Å². The molecule has 1 heterocycles. The van der Waals surface area contributed by atoms with Crippen LogP contribution in [0.15, 0.2) is 24.4 Å². The molecule has 0 bridgehead atoms. The van der Waals surface area contributed by atoms with E-state index >= 15 is 0 Å². The highest BCUT2D eigenvalue weighted by atomic mass is 35.5. The third-order valence-corrected chi connectivity index (χ3v) is 3.96. The number of fused-ring (bicyclic) bond motifs is 1. The number of rotatable bonds is 4. The van der Waals surface area contributed by atoms with Gasteiger partial charge in [-0.2, -0.15) is 0 Å². The molecular weight excluding hydrogens is 232 g/mol. The molecule has 1 aromatic heterocycles. The predicted octanol–water partition coefficient (Wildman–Crippen LogP) is 3.57. The Bertz CT molecular complexity index is 532. The second-order valence-electron chi connectivity index (χ2n) is 5.11. The van der Waals surface area contributed by atoms with Gasteiger partial charge in [-0.25, -0.2) is 0 Å². The van der Waals surface area contributed by atoms with Crippen molar-refractivity contribution in [2.75, 3.05) is 6.54 Å². The summed E-state index contributed by atoms with van der Waals surface area (Å²) in [7, 11) is 0. The van der Waals surface area contributed by atoms with E-state index in [1.54, 1.807) is 0 Å². The molecule has 0 saturated heterocycles. The molecule has 2 aromatic rings. The van der Waals surface area contributed by atoms with Crippen LogP contribution in [0.4, 0.5) is 0 Å². The van der Waals surface area contributed by atoms with E-state index in [0.29, 0.717) is 0 Å². The van der Waals surface area contributed by atoms with E-state index in [1.165, 1.54) is 17.4 Å². The molecule has 0 spiro atoms. The highest BCUT2D eigenvalue weighted by Gasteiger charge is 2.31. The lowest BCUT2D eigenvalue weighted by atomic mass is 10.2. The quantitative estimate of drug-likeness (QED) is 0.851. The van der Waals surface area contributed by atoms with E-state index in [-0.39, 0.29) is 0 Å². The van der Waals surface area contributed by atoms with Crippen molar-refractivity contribution in [2.45, 2.75) is 19.9 Å². The molecule has 0 amide bonds. The van der Waals surface area contributed by atoms with Crippen LogP contribution in [0.1, 0.15) is 18.9 Å². The van der Waals surface area contributed by atoms with Crippen LogP contribution < -0.4 is 5.32 Å². The minimum Gasteiger partial charge on any atom is -0.361 e. The molecule has 0 radical (unpaired) electrons. The SMILES string of the molecule is CC1CC1CNCc1c[nH]c2cc(Cl)ccc12. The standard InChI is InChI=1S/C14H17ClN2/c1-9-4-10(9)6-16-7-11-8-17-14-5-12(15)2-3-13(11)14/h2-3,5,8-10,16-17H,4,6-7H2,1H3. The first-order valence-electron chi connectivity index (χ1n) is 6.20. The van der Waals surface area contributed by atoms with Crippen LogP contribution in [0.5, 0.6) is 0 Å². The Hall–Kier alpha value is -0.990. The van der Waals surface area contributed by atoms with Gasteiger partial charge in [0.05, 0.1) is 0 Å². The molecule has 17 heavy (non-hydrogen) atoms. The van der Waals surface area contributed by atoms with Gasteiger partial charge in [0.1, 0.15) is 0 Å². The first kappa shape index (κ1) is 11.1. The molecule has 2 unspecified atom stereocenters. The molecule has 2 atom stereocenters. The molecule has 1 aromatic carbocycles. The Morgan fingerprint density at radius 3 is 3.06 bits per heavy atom. The summed E-state index contributed by atoms with van der Waals surface area (Å²) in [6, 6.07) is 6.01. The smallest absolute Gasteiger partial charge is 0.0472 e. The zero-order valence-corrected chi connectivity index (χ0v) is 10.7. The lowest BCUT2D eigenvalue weighted by Crippen LogP contribution is -2.16. The fourth-order valence-corrected chi connectivity index (χ4v) is 2.55. The first-order valence-corrected chi connectivity index (χ1v) is 6.58. The number of aromatic amines is 1. The fraction of sp³-hybridized carbons (Fsp3) is 0.429. The number of H-pyrrole nitrogens is 1. The number of hydrogen-bond donors (Lipinski definition) is 2. The maximum absolute atomic E-state index is 5.96. The second-order valence-corrected chi connectivity index (χ2v) is 5.54. The van der Waals surface area contributed by atoms with Gasteiger partial charge in [-0.05, 0) is 42.5 Å². The summed E-state index contributed by atoms with van der Waals surface area (Å²) >= 11 is 5.96. The minimum atomic E-state index is 0.783. The fourth-order valence-electron chi connectivity index (χ4n) is 2.38. The number of nitrogens with one attached hydrogen (secondary N) is 2. The van der Waals surface area contributed by atoms with Gasteiger partial charge in [0, 0.05) is 28.7 Å². The third-order valence-electron chi connectivity index (χ3n) is 3.73. The van der Waals surface area contributed by atoms with Gasteiger partial charge in [0.25, 0.3) is 0 Å². The topological polar surface area (TPSA) is 27.8 Å². The lowest BCUT2D eigenvalue weighted by Gasteiger charge is -2.02. The van der Waals surface area contributed by atoms with Gasteiger partial charge in [-0.15, -0.1) is 0 Å². The van der Waals surface area contributed by atoms with Crippen molar-refractivity contribution in [1.82, 2.24) is 10.3 Å². The van der Waals surface area contributed by atoms with Gasteiger partial charge in [0.2, 0.25) is 0 Å². The largest absolute Gasteiger partial charge is 0.361 e. The second kappa shape index (κ2) is 4.35. The predicted molar refractivity (Wildman–Crippen MR) is 72.3 cm³/mol. The van der Waals surface area contributed by atoms with Crippen LogP contribution in [0.3, 0.4) is 0 Å². The zero-order valence-electron chi connectivity index (χ0n) is 9.96. The molecule has 1 aliphatic carbocycles. The summed E-state index contributed by atoms with van der Waals surface area (Å²) in [6.45, 7) is 4.40. The van der Waals surface area contributed by atoms with E-state index < -0.39 is 0 Å². The van der Waals surface area contributed by atoms with Crippen LogP contribution in [0.2, 0.25) is 5.02 Å². The first-order chi connectivity index (χ1) is 8.24. The average Bonchev–Trinajstić information content (AvgIpc) is 2.86. The van der Waals surface area contributed by atoms with E-state index in [9.17, 15) is 0 Å². The van der Waals surface area contributed by atoms with Gasteiger partial charge < -0.3 is 10.3 Å². The van der Waals surface area contributed by atoms with Crippen molar-refractivity contribution in [3.8, 4) is 0 Å². The molecule has 0 aliphatic heterocycles. The van der Waals surface area contributed by atoms with Crippen molar-refractivity contribution in [1.29, 1.82) is 0 Å². The Kier molecular flexibility index (Phi) is 2.85. The molecule has 3 heteroatoms. The van der Waals surface area contributed by atoms with Crippen molar-refractivity contribution >= 4 is 22.5 Å². The lowest BCUT2D eigenvalue weighted by molar-refractivity contribution is 0.613. The molecule has 2 N–H and O–H groups in total. The molecule has 90 valence electrons.